The monoisotopic (exact) mass is 169 g/mol. The lowest BCUT2D eigenvalue weighted by molar-refractivity contribution is -0.00459. The van der Waals surface area contributed by atoms with E-state index >= 15 is 0 Å². The molecule has 5 nitrogen and oxygen atoms in total. The molecule has 1 unspecified atom stereocenters. The number of ether oxygens (including phenoxy) is 1. The summed E-state index contributed by atoms with van der Waals surface area (Å²) in [4.78, 5) is 3.91. The van der Waals surface area contributed by atoms with Crippen molar-refractivity contribution in [1.82, 2.24) is 10.1 Å². The van der Waals surface area contributed by atoms with E-state index in [1.165, 1.54) is 0 Å². The van der Waals surface area contributed by atoms with E-state index in [1.54, 1.807) is 0 Å². The highest BCUT2D eigenvalue weighted by Gasteiger charge is 2.21. The smallest absolute Gasteiger partial charge is 0.260 e. The fraction of sp³-hybridized carbons (Fsp3) is 0.714. The van der Waals surface area contributed by atoms with Crippen LogP contribution in [0.25, 0.3) is 0 Å². The molecule has 66 valence electrons. The highest BCUT2D eigenvalue weighted by molar-refractivity contribution is 5.11. The average Bonchev–Trinajstić information content (AvgIpc) is 2.54. The lowest BCUT2D eigenvalue weighted by atomic mass is 10.1. The van der Waals surface area contributed by atoms with Gasteiger partial charge < -0.3 is 15.0 Å². The Bertz CT molecular complexity index is 255. The van der Waals surface area contributed by atoms with Crippen LogP contribution in [0.2, 0.25) is 0 Å². The van der Waals surface area contributed by atoms with E-state index < -0.39 is 0 Å². The molecule has 1 atom stereocenters. The van der Waals surface area contributed by atoms with E-state index in [9.17, 15) is 0 Å². The van der Waals surface area contributed by atoms with Crippen LogP contribution in [0.15, 0.2) is 4.52 Å². The number of aromatic nitrogens is 2. The second kappa shape index (κ2) is 3.10. The molecule has 1 aliphatic rings. The normalized spacial score (nSPS) is 24.2. The minimum Gasteiger partial charge on any atom is -0.368 e. The van der Waals surface area contributed by atoms with Gasteiger partial charge >= 0.3 is 0 Å². The number of nitrogens with zero attached hydrogens (tertiary/aromatic N) is 2. The molecule has 0 aliphatic carbocycles. The summed E-state index contributed by atoms with van der Waals surface area (Å²) in [5.74, 6) is 0.686. The number of nitrogens with two attached hydrogens (primary N) is 1. The van der Waals surface area contributed by atoms with E-state index in [1.807, 2.05) is 0 Å². The number of hydrogen-bond donors (Lipinski definition) is 1. The van der Waals surface area contributed by atoms with Gasteiger partial charge in [0.15, 0.2) is 0 Å². The van der Waals surface area contributed by atoms with Crippen LogP contribution in [-0.4, -0.2) is 16.7 Å². The van der Waals surface area contributed by atoms with Crippen molar-refractivity contribution in [3.8, 4) is 0 Å². The zero-order chi connectivity index (χ0) is 8.39. The lowest BCUT2D eigenvalue weighted by Gasteiger charge is -2.18. The van der Waals surface area contributed by atoms with Crippen LogP contribution in [-0.2, 0) is 4.74 Å². The van der Waals surface area contributed by atoms with Crippen LogP contribution in [0.1, 0.15) is 31.3 Å². The van der Waals surface area contributed by atoms with E-state index in [2.05, 4.69) is 10.1 Å². The van der Waals surface area contributed by atoms with Gasteiger partial charge in [-0.05, 0) is 24.4 Å². The van der Waals surface area contributed by atoms with Crippen molar-refractivity contribution < 1.29 is 9.26 Å². The number of nitrogen functional groups attached to an aromatic ring is 1. The van der Waals surface area contributed by atoms with Gasteiger partial charge in [-0.15, -0.1) is 0 Å². The summed E-state index contributed by atoms with van der Waals surface area (Å²) in [6.07, 6.45) is 3.16. The van der Waals surface area contributed by atoms with Gasteiger partial charge in [-0.2, -0.15) is 4.98 Å². The van der Waals surface area contributed by atoms with Gasteiger partial charge in [0.05, 0.1) is 0 Å². The topological polar surface area (TPSA) is 74.2 Å². The van der Waals surface area contributed by atoms with E-state index in [-0.39, 0.29) is 12.1 Å². The summed E-state index contributed by atoms with van der Waals surface area (Å²) >= 11 is 0. The summed E-state index contributed by atoms with van der Waals surface area (Å²) in [6.45, 7) is 0.771. The van der Waals surface area contributed by atoms with Gasteiger partial charge in [-0.1, -0.05) is 0 Å². The first kappa shape index (κ1) is 7.54. The van der Waals surface area contributed by atoms with E-state index in [4.69, 9.17) is 15.0 Å². The maximum absolute atomic E-state index is 5.43. The third-order valence-corrected chi connectivity index (χ3v) is 1.91. The van der Waals surface area contributed by atoms with Gasteiger partial charge in [-0.25, -0.2) is 0 Å². The molecule has 2 N–H and O–H groups in total. The van der Waals surface area contributed by atoms with Crippen molar-refractivity contribution in [1.29, 1.82) is 0 Å². The summed E-state index contributed by atoms with van der Waals surface area (Å²) in [7, 11) is 0. The second-order valence-electron chi connectivity index (χ2n) is 2.85. The Hall–Kier alpha value is -1.10. The molecule has 1 aliphatic heterocycles. The predicted octanol–water partition coefficient (Wildman–Crippen LogP) is 0.893. The molecule has 5 heteroatoms. The SMILES string of the molecule is Nc1noc(C2CCCCO2)n1. The van der Waals surface area contributed by atoms with Crippen molar-refractivity contribution in [2.75, 3.05) is 12.3 Å². The Balaban J connectivity index is 2.08. The van der Waals surface area contributed by atoms with Crippen LogP contribution in [0.5, 0.6) is 0 Å². The van der Waals surface area contributed by atoms with Crippen LogP contribution in [0.3, 0.4) is 0 Å². The Morgan fingerprint density at radius 3 is 2.92 bits per heavy atom. The lowest BCUT2D eigenvalue weighted by Crippen LogP contribution is -2.11. The van der Waals surface area contributed by atoms with Gasteiger partial charge in [-0.3, -0.25) is 0 Å². The molecule has 0 saturated carbocycles. The summed E-state index contributed by atoms with van der Waals surface area (Å²) in [6, 6.07) is 0. The second-order valence-corrected chi connectivity index (χ2v) is 2.85. The molecule has 0 amide bonds. The van der Waals surface area contributed by atoms with Gasteiger partial charge in [0.25, 0.3) is 11.8 Å². The van der Waals surface area contributed by atoms with Crippen molar-refractivity contribution in [2.24, 2.45) is 0 Å². The fourth-order valence-corrected chi connectivity index (χ4v) is 1.31. The maximum Gasteiger partial charge on any atom is 0.260 e. The highest BCUT2D eigenvalue weighted by atomic mass is 16.5. The molecule has 1 fully saturated rings. The first-order valence-corrected chi connectivity index (χ1v) is 4.07. The van der Waals surface area contributed by atoms with E-state index in [0.717, 1.165) is 25.9 Å². The molecule has 1 aromatic heterocycles. The van der Waals surface area contributed by atoms with Crippen molar-refractivity contribution in [3.05, 3.63) is 5.89 Å². The maximum atomic E-state index is 5.43. The van der Waals surface area contributed by atoms with Gasteiger partial charge in [0.1, 0.15) is 6.10 Å². The Morgan fingerprint density at radius 2 is 2.33 bits per heavy atom. The van der Waals surface area contributed by atoms with Crippen molar-refractivity contribution in [2.45, 2.75) is 25.4 Å². The first-order valence-electron chi connectivity index (χ1n) is 4.07. The predicted molar refractivity (Wildman–Crippen MR) is 41.3 cm³/mol. The minimum absolute atomic E-state index is 0.0384. The third kappa shape index (κ3) is 1.40. The zero-order valence-electron chi connectivity index (χ0n) is 6.69. The standard InChI is InChI=1S/C7H11N3O2/c8-7-9-6(12-10-7)5-3-1-2-4-11-5/h5H,1-4H2,(H2,8,10). The molecule has 0 bridgehead atoms. The number of anilines is 1. The Morgan fingerprint density at radius 1 is 1.42 bits per heavy atom. The molecular formula is C7H11N3O2. The largest absolute Gasteiger partial charge is 0.368 e. The molecule has 2 rings (SSSR count). The van der Waals surface area contributed by atoms with Gasteiger partial charge in [0.2, 0.25) is 0 Å². The molecular weight excluding hydrogens is 158 g/mol. The Labute approximate surface area is 69.9 Å². The summed E-state index contributed by atoms with van der Waals surface area (Å²) in [5, 5.41) is 3.50. The van der Waals surface area contributed by atoms with Crippen LogP contribution < -0.4 is 5.73 Å². The van der Waals surface area contributed by atoms with E-state index in [0.29, 0.717) is 5.89 Å². The third-order valence-electron chi connectivity index (χ3n) is 1.91. The summed E-state index contributed by atoms with van der Waals surface area (Å²) < 4.78 is 10.3. The molecule has 0 aromatic carbocycles. The minimum atomic E-state index is -0.0384. The molecule has 2 heterocycles. The van der Waals surface area contributed by atoms with Crippen LogP contribution in [0, 0.1) is 0 Å². The molecule has 1 aromatic rings. The molecule has 0 spiro atoms. The fourth-order valence-electron chi connectivity index (χ4n) is 1.31. The van der Waals surface area contributed by atoms with Gasteiger partial charge in [0, 0.05) is 6.61 Å². The average molecular weight is 169 g/mol. The first-order chi connectivity index (χ1) is 5.86. The van der Waals surface area contributed by atoms with Crippen molar-refractivity contribution in [3.63, 3.8) is 0 Å². The Kier molecular flexibility index (Phi) is 1.95. The molecule has 0 radical (unpaired) electrons. The zero-order valence-corrected chi connectivity index (χ0v) is 6.69. The molecule has 12 heavy (non-hydrogen) atoms. The number of hydrogen-bond acceptors (Lipinski definition) is 5. The van der Waals surface area contributed by atoms with Crippen LogP contribution in [0.4, 0.5) is 5.95 Å². The highest BCUT2D eigenvalue weighted by Crippen LogP contribution is 2.26. The van der Waals surface area contributed by atoms with Crippen LogP contribution >= 0.6 is 0 Å². The summed E-state index contributed by atoms with van der Waals surface area (Å²) in [5.41, 5.74) is 5.31. The van der Waals surface area contributed by atoms with Crippen molar-refractivity contribution >= 4 is 5.95 Å². The number of rotatable bonds is 1. The molecule has 1 saturated heterocycles. The quantitative estimate of drug-likeness (QED) is 0.675.